The van der Waals surface area contributed by atoms with Gasteiger partial charge in [0.15, 0.2) is 5.13 Å². The molecule has 4 aromatic rings. The number of aliphatic hydroxyl groups excluding tert-OH is 1. The van der Waals surface area contributed by atoms with Crippen LogP contribution in [0.5, 0.6) is 5.75 Å². The third-order valence-corrected chi connectivity index (χ3v) is 7.53. The standard InChI is InChI=1S/C30H27FN2O4S/c1-4-15-37-22-12-9-20(10-13-22)27(34)25-26(19-7-5-18(6-8-19)17(2)3)33(29(36)28(25)35)30-32-23-14-11-21(31)16-24(23)38-30/h5-14,16-17,26,34H,4,15H2,1-3H3/b27-25+. The summed E-state index contributed by atoms with van der Waals surface area (Å²) < 4.78 is 20.0. The number of hydrogen-bond acceptors (Lipinski definition) is 6. The largest absolute Gasteiger partial charge is 0.507 e. The van der Waals surface area contributed by atoms with Crippen LogP contribution in [0.1, 0.15) is 55.8 Å². The first kappa shape index (κ1) is 25.6. The van der Waals surface area contributed by atoms with Crippen LogP contribution in [0.2, 0.25) is 0 Å². The van der Waals surface area contributed by atoms with Gasteiger partial charge in [-0.3, -0.25) is 14.5 Å². The van der Waals surface area contributed by atoms with Crippen LogP contribution in [0.4, 0.5) is 9.52 Å². The molecule has 5 rings (SSSR count). The van der Waals surface area contributed by atoms with Crippen molar-refractivity contribution in [1.29, 1.82) is 0 Å². The van der Waals surface area contributed by atoms with Gasteiger partial charge in [0.05, 0.1) is 28.4 Å². The number of carbonyl (C=O) groups excluding carboxylic acids is 2. The molecule has 1 aliphatic heterocycles. The van der Waals surface area contributed by atoms with Crippen LogP contribution in [0.3, 0.4) is 0 Å². The highest BCUT2D eigenvalue weighted by Crippen LogP contribution is 2.44. The summed E-state index contributed by atoms with van der Waals surface area (Å²) in [6.45, 7) is 6.73. The van der Waals surface area contributed by atoms with Gasteiger partial charge < -0.3 is 9.84 Å². The van der Waals surface area contributed by atoms with E-state index in [0.717, 1.165) is 23.3 Å². The number of nitrogens with zero attached hydrogens (tertiary/aromatic N) is 2. The molecule has 6 nitrogen and oxygen atoms in total. The molecule has 0 spiro atoms. The van der Waals surface area contributed by atoms with Gasteiger partial charge in [-0.25, -0.2) is 9.37 Å². The van der Waals surface area contributed by atoms with Gasteiger partial charge in [0.25, 0.3) is 5.78 Å². The molecule has 1 N–H and O–H groups in total. The normalized spacial score (nSPS) is 17.1. The van der Waals surface area contributed by atoms with Crippen molar-refractivity contribution in [3.8, 4) is 5.75 Å². The van der Waals surface area contributed by atoms with Crippen molar-refractivity contribution in [2.24, 2.45) is 0 Å². The highest BCUT2D eigenvalue weighted by atomic mass is 32.1. The predicted molar refractivity (Wildman–Crippen MR) is 147 cm³/mol. The molecular weight excluding hydrogens is 503 g/mol. The molecule has 194 valence electrons. The molecule has 1 atom stereocenters. The zero-order chi connectivity index (χ0) is 27.0. The molecule has 1 unspecified atom stereocenters. The molecule has 1 aromatic heterocycles. The maximum absolute atomic E-state index is 13.9. The first-order valence-electron chi connectivity index (χ1n) is 12.5. The third kappa shape index (κ3) is 4.67. The minimum atomic E-state index is -0.905. The number of ketones is 1. The molecule has 0 bridgehead atoms. The minimum Gasteiger partial charge on any atom is -0.507 e. The number of halogens is 1. The van der Waals surface area contributed by atoms with E-state index in [9.17, 15) is 19.1 Å². The smallest absolute Gasteiger partial charge is 0.301 e. The Labute approximate surface area is 224 Å². The van der Waals surface area contributed by atoms with E-state index in [-0.39, 0.29) is 16.5 Å². The van der Waals surface area contributed by atoms with Gasteiger partial charge in [-0.15, -0.1) is 0 Å². The number of anilines is 1. The van der Waals surface area contributed by atoms with Crippen molar-refractivity contribution in [3.05, 3.63) is 94.8 Å². The summed E-state index contributed by atoms with van der Waals surface area (Å²) in [5.74, 6) is -1.36. The first-order valence-corrected chi connectivity index (χ1v) is 13.3. The fourth-order valence-electron chi connectivity index (χ4n) is 4.48. The lowest BCUT2D eigenvalue weighted by Gasteiger charge is -2.23. The van der Waals surface area contributed by atoms with Crippen molar-refractivity contribution in [3.63, 3.8) is 0 Å². The lowest BCUT2D eigenvalue weighted by atomic mass is 9.93. The van der Waals surface area contributed by atoms with Gasteiger partial charge in [-0.05, 0) is 65.9 Å². The van der Waals surface area contributed by atoms with E-state index in [1.54, 1.807) is 24.3 Å². The molecular formula is C30H27FN2O4S. The predicted octanol–water partition coefficient (Wildman–Crippen LogP) is 6.97. The Morgan fingerprint density at radius 2 is 1.79 bits per heavy atom. The number of rotatable bonds is 7. The molecule has 1 saturated heterocycles. The van der Waals surface area contributed by atoms with Crippen molar-refractivity contribution in [2.75, 3.05) is 11.5 Å². The molecule has 1 fully saturated rings. The summed E-state index contributed by atoms with van der Waals surface area (Å²) in [5.41, 5.74) is 2.64. The average Bonchev–Trinajstić information content (AvgIpc) is 3.44. The van der Waals surface area contributed by atoms with E-state index in [1.807, 2.05) is 31.2 Å². The molecule has 1 amide bonds. The van der Waals surface area contributed by atoms with Gasteiger partial charge in [0, 0.05) is 5.56 Å². The van der Waals surface area contributed by atoms with Crippen LogP contribution in [-0.2, 0) is 9.59 Å². The van der Waals surface area contributed by atoms with E-state index in [1.165, 1.54) is 23.1 Å². The lowest BCUT2D eigenvalue weighted by Crippen LogP contribution is -2.29. The maximum Gasteiger partial charge on any atom is 0.301 e. The van der Waals surface area contributed by atoms with Crippen LogP contribution in [0, 0.1) is 5.82 Å². The molecule has 0 radical (unpaired) electrons. The van der Waals surface area contributed by atoms with Crippen molar-refractivity contribution in [2.45, 2.75) is 39.2 Å². The molecule has 3 aromatic carbocycles. The fraction of sp³-hybridized carbons (Fsp3) is 0.233. The molecule has 2 heterocycles. The number of fused-ring (bicyclic) bond motifs is 1. The lowest BCUT2D eigenvalue weighted by molar-refractivity contribution is -0.132. The molecule has 0 aliphatic carbocycles. The van der Waals surface area contributed by atoms with Gasteiger partial charge in [-0.2, -0.15) is 0 Å². The SMILES string of the molecule is CCCOc1ccc(/C(O)=C2\C(=O)C(=O)N(c3nc4ccc(F)cc4s3)C2c2ccc(C(C)C)cc2)cc1. The summed E-state index contributed by atoms with van der Waals surface area (Å²) in [7, 11) is 0. The van der Waals surface area contributed by atoms with E-state index < -0.39 is 23.5 Å². The maximum atomic E-state index is 13.9. The summed E-state index contributed by atoms with van der Waals surface area (Å²) in [6, 6.07) is 17.7. The molecule has 8 heteroatoms. The first-order chi connectivity index (χ1) is 18.3. The Kier molecular flexibility index (Phi) is 6.99. The van der Waals surface area contributed by atoms with Gasteiger partial charge in [-0.1, -0.05) is 56.4 Å². The molecule has 38 heavy (non-hydrogen) atoms. The second-order valence-corrected chi connectivity index (χ2v) is 10.5. The van der Waals surface area contributed by atoms with E-state index in [0.29, 0.717) is 39.6 Å². The Morgan fingerprint density at radius 3 is 2.45 bits per heavy atom. The monoisotopic (exact) mass is 530 g/mol. The number of aromatic nitrogens is 1. The Bertz CT molecular complexity index is 1540. The summed E-state index contributed by atoms with van der Waals surface area (Å²) in [6.07, 6.45) is 0.860. The van der Waals surface area contributed by atoms with Crippen LogP contribution in [0.15, 0.2) is 72.3 Å². The molecule has 1 aliphatic rings. The minimum absolute atomic E-state index is 0.0278. The van der Waals surface area contributed by atoms with Gasteiger partial charge in [0.1, 0.15) is 17.3 Å². The third-order valence-electron chi connectivity index (χ3n) is 6.51. The Morgan fingerprint density at radius 1 is 1.08 bits per heavy atom. The van der Waals surface area contributed by atoms with Crippen LogP contribution in [0.25, 0.3) is 16.0 Å². The highest BCUT2D eigenvalue weighted by Gasteiger charge is 2.48. The Balaban J connectivity index is 1.65. The Hall–Kier alpha value is -4.04. The number of carbonyl (C=O) groups is 2. The van der Waals surface area contributed by atoms with Crippen molar-refractivity contribution >= 4 is 44.1 Å². The van der Waals surface area contributed by atoms with Crippen molar-refractivity contribution in [1.82, 2.24) is 4.98 Å². The number of thiazole rings is 1. The van der Waals surface area contributed by atoms with Crippen LogP contribution >= 0.6 is 11.3 Å². The second kappa shape index (κ2) is 10.4. The second-order valence-electron chi connectivity index (χ2n) is 9.47. The molecule has 0 saturated carbocycles. The number of amides is 1. The van der Waals surface area contributed by atoms with Crippen LogP contribution < -0.4 is 9.64 Å². The topological polar surface area (TPSA) is 79.7 Å². The number of Topliss-reactive ketones (excluding diaryl/α,β-unsaturated/α-hetero) is 1. The quantitative estimate of drug-likeness (QED) is 0.159. The van der Waals surface area contributed by atoms with Gasteiger partial charge >= 0.3 is 5.91 Å². The zero-order valence-electron chi connectivity index (χ0n) is 21.3. The highest BCUT2D eigenvalue weighted by molar-refractivity contribution is 7.22. The van der Waals surface area contributed by atoms with E-state index in [4.69, 9.17) is 4.74 Å². The van der Waals surface area contributed by atoms with E-state index in [2.05, 4.69) is 18.8 Å². The number of aliphatic hydroxyl groups is 1. The number of hydrogen-bond donors (Lipinski definition) is 1. The summed E-state index contributed by atoms with van der Waals surface area (Å²) >= 11 is 1.12. The number of ether oxygens (including phenoxy) is 1. The van der Waals surface area contributed by atoms with Gasteiger partial charge in [0.2, 0.25) is 0 Å². The van der Waals surface area contributed by atoms with Crippen LogP contribution in [-0.4, -0.2) is 28.4 Å². The summed E-state index contributed by atoms with van der Waals surface area (Å²) in [5, 5.41) is 11.6. The van der Waals surface area contributed by atoms with Crippen molar-refractivity contribution < 1.29 is 23.8 Å². The summed E-state index contributed by atoms with van der Waals surface area (Å²) in [4.78, 5) is 32.7. The number of benzene rings is 3. The average molecular weight is 531 g/mol. The fourth-order valence-corrected chi connectivity index (χ4v) is 5.50. The zero-order valence-corrected chi connectivity index (χ0v) is 22.1. The van der Waals surface area contributed by atoms with E-state index >= 15 is 0 Å².